The first-order chi connectivity index (χ1) is 4.71. The van der Waals surface area contributed by atoms with E-state index in [4.69, 9.17) is 12.6 Å². The molecule has 0 spiro atoms. The summed E-state index contributed by atoms with van der Waals surface area (Å²) in [6.45, 7) is 0. The van der Waals surface area contributed by atoms with Crippen LogP contribution in [0.3, 0.4) is 0 Å². The van der Waals surface area contributed by atoms with Gasteiger partial charge in [-0.15, -0.1) is 0 Å². The van der Waals surface area contributed by atoms with E-state index in [2.05, 4.69) is 12.6 Å². The Kier molecular flexibility index (Phi) is 1.72. The Balaban J connectivity index is 2.17. The molecule has 0 aromatic rings. The summed E-state index contributed by atoms with van der Waals surface area (Å²) in [6.07, 6.45) is 6.72. The fourth-order valence-electron chi connectivity index (χ4n) is 2.37. The van der Waals surface area contributed by atoms with E-state index in [0.29, 0.717) is 10.00 Å². The zero-order chi connectivity index (χ0) is 7.19. The highest BCUT2D eigenvalue weighted by molar-refractivity contribution is 7.85. The lowest BCUT2D eigenvalue weighted by Crippen LogP contribution is -2.33. The van der Waals surface area contributed by atoms with E-state index in [-0.39, 0.29) is 0 Å². The van der Waals surface area contributed by atoms with Gasteiger partial charge in [0.1, 0.15) is 0 Å². The molecule has 58 valence electrons. The van der Waals surface area contributed by atoms with Crippen molar-refractivity contribution in [2.24, 2.45) is 5.92 Å². The van der Waals surface area contributed by atoms with Crippen LogP contribution in [0.4, 0.5) is 0 Å². The molecule has 2 fully saturated rings. The lowest BCUT2D eigenvalue weighted by atomic mass is 9.88. The number of rotatable bonds is 0. The fourth-order valence-corrected chi connectivity index (χ4v) is 3.27. The summed E-state index contributed by atoms with van der Waals surface area (Å²) >= 11 is 9.28. The smallest absolute Gasteiger partial charge is 0.0248 e. The van der Waals surface area contributed by atoms with Gasteiger partial charge in [-0.1, -0.05) is 0 Å². The van der Waals surface area contributed by atoms with Gasteiger partial charge in [0.2, 0.25) is 0 Å². The maximum absolute atomic E-state index is 4.71. The van der Waals surface area contributed by atoms with Crippen molar-refractivity contribution in [2.75, 3.05) is 0 Å². The molecule has 0 aromatic heterocycles. The molecule has 2 bridgehead atoms. The molecule has 2 aliphatic carbocycles. The summed E-state index contributed by atoms with van der Waals surface area (Å²) in [4.78, 5) is 0. The van der Waals surface area contributed by atoms with Crippen LogP contribution in [0.5, 0.6) is 0 Å². The van der Waals surface area contributed by atoms with E-state index >= 15 is 0 Å². The van der Waals surface area contributed by atoms with Gasteiger partial charge >= 0.3 is 0 Å². The molecule has 2 rings (SSSR count). The lowest BCUT2D eigenvalue weighted by molar-refractivity contribution is 0.397. The van der Waals surface area contributed by atoms with Gasteiger partial charge in [-0.05, 0) is 38.0 Å². The van der Waals surface area contributed by atoms with Crippen LogP contribution in [0, 0.1) is 5.92 Å². The van der Waals surface area contributed by atoms with Crippen molar-refractivity contribution in [3.05, 3.63) is 0 Å². The minimum Gasteiger partial charge on any atom is -0.174 e. The van der Waals surface area contributed by atoms with Gasteiger partial charge < -0.3 is 0 Å². The second-order valence-corrected chi connectivity index (χ2v) is 5.32. The van der Waals surface area contributed by atoms with Crippen LogP contribution in [0.25, 0.3) is 0 Å². The quantitative estimate of drug-likeness (QED) is 0.518. The molecule has 0 aliphatic heterocycles. The third kappa shape index (κ3) is 1.00. The molecular formula is C8H14S2. The summed E-state index contributed by atoms with van der Waals surface area (Å²) < 4.78 is 0.312. The average molecular weight is 174 g/mol. The van der Waals surface area contributed by atoms with Gasteiger partial charge in [-0.3, -0.25) is 0 Å². The summed E-state index contributed by atoms with van der Waals surface area (Å²) in [6, 6.07) is 0. The van der Waals surface area contributed by atoms with Gasteiger partial charge in [0.25, 0.3) is 0 Å². The van der Waals surface area contributed by atoms with Crippen LogP contribution in [0.1, 0.15) is 32.1 Å². The summed E-state index contributed by atoms with van der Waals surface area (Å²) in [5, 5.41) is 0.564. The summed E-state index contributed by atoms with van der Waals surface area (Å²) in [7, 11) is 0. The SMILES string of the molecule is SC1CCC2CCC1(S)C2. The average Bonchev–Trinajstić information content (AvgIpc) is 2.22. The van der Waals surface area contributed by atoms with Gasteiger partial charge in [0.15, 0.2) is 0 Å². The Hall–Kier alpha value is 0.700. The molecule has 3 atom stereocenters. The molecule has 0 radical (unpaired) electrons. The molecular weight excluding hydrogens is 160 g/mol. The number of hydrogen-bond acceptors (Lipinski definition) is 2. The second kappa shape index (κ2) is 2.34. The Labute approximate surface area is 73.6 Å². The monoisotopic (exact) mass is 174 g/mol. The maximum atomic E-state index is 4.71. The lowest BCUT2D eigenvalue weighted by Gasteiger charge is -2.34. The van der Waals surface area contributed by atoms with Crippen molar-refractivity contribution in [3.8, 4) is 0 Å². The highest BCUT2D eigenvalue weighted by Gasteiger charge is 2.44. The van der Waals surface area contributed by atoms with E-state index in [9.17, 15) is 0 Å². The minimum absolute atomic E-state index is 0.312. The number of thiol groups is 2. The number of fused-ring (bicyclic) bond motifs is 2. The van der Waals surface area contributed by atoms with Crippen molar-refractivity contribution in [3.63, 3.8) is 0 Å². The molecule has 0 N–H and O–H groups in total. The van der Waals surface area contributed by atoms with Crippen LogP contribution in [-0.4, -0.2) is 10.00 Å². The second-order valence-electron chi connectivity index (χ2n) is 3.81. The molecule has 0 amide bonds. The molecule has 0 nitrogen and oxygen atoms in total. The summed E-state index contributed by atoms with van der Waals surface area (Å²) in [5.74, 6) is 0.987. The van der Waals surface area contributed by atoms with Gasteiger partial charge in [0, 0.05) is 10.00 Å². The zero-order valence-corrected chi connectivity index (χ0v) is 7.87. The number of hydrogen-bond donors (Lipinski definition) is 2. The zero-order valence-electron chi connectivity index (χ0n) is 6.08. The topological polar surface area (TPSA) is 0 Å². The first-order valence-electron chi connectivity index (χ1n) is 4.11. The first kappa shape index (κ1) is 7.35. The Bertz CT molecular complexity index is 144. The predicted molar refractivity (Wildman–Crippen MR) is 51.1 cm³/mol. The van der Waals surface area contributed by atoms with Crippen molar-refractivity contribution in [1.82, 2.24) is 0 Å². The van der Waals surface area contributed by atoms with Crippen LogP contribution in [0.15, 0.2) is 0 Å². The standard InChI is InChI=1S/C8H14S2/c9-7-2-1-6-3-4-8(7,10)5-6/h6-7,9-10H,1-5H2. The Morgan fingerprint density at radius 1 is 1.20 bits per heavy atom. The van der Waals surface area contributed by atoms with E-state index in [0.717, 1.165) is 5.92 Å². The van der Waals surface area contributed by atoms with Gasteiger partial charge in [-0.2, -0.15) is 25.3 Å². The Morgan fingerprint density at radius 2 is 2.00 bits per heavy atom. The highest BCUT2D eigenvalue weighted by atomic mass is 32.1. The summed E-state index contributed by atoms with van der Waals surface area (Å²) in [5.41, 5.74) is 0. The molecule has 3 unspecified atom stereocenters. The van der Waals surface area contributed by atoms with E-state index in [1.807, 2.05) is 0 Å². The van der Waals surface area contributed by atoms with Crippen molar-refractivity contribution < 1.29 is 0 Å². The van der Waals surface area contributed by atoms with E-state index in [1.54, 1.807) is 0 Å². The first-order valence-corrected chi connectivity index (χ1v) is 5.07. The third-order valence-corrected chi connectivity index (χ3v) is 4.77. The van der Waals surface area contributed by atoms with Crippen molar-refractivity contribution >= 4 is 25.3 Å². The maximum Gasteiger partial charge on any atom is 0.0248 e. The minimum atomic E-state index is 0.312. The van der Waals surface area contributed by atoms with E-state index in [1.165, 1.54) is 32.1 Å². The fraction of sp³-hybridized carbons (Fsp3) is 1.00. The van der Waals surface area contributed by atoms with Crippen LogP contribution < -0.4 is 0 Å². The molecule has 10 heavy (non-hydrogen) atoms. The third-order valence-electron chi connectivity index (χ3n) is 3.10. The van der Waals surface area contributed by atoms with E-state index < -0.39 is 0 Å². The highest BCUT2D eigenvalue weighted by Crippen LogP contribution is 2.50. The molecule has 0 heterocycles. The van der Waals surface area contributed by atoms with Crippen molar-refractivity contribution in [2.45, 2.75) is 42.1 Å². The molecule has 2 saturated carbocycles. The van der Waals surface area contributed by atoms with Crippen LogP contribution in [0.2, 0.25) is 0 Å². The predicted octanol–water partition coefficient (Wildman–Crippen LogP) is 2.55. The largest absolute Gasteiger partial charge is 0.174 e. The van der Waals surface area contributed by atoms with Gasteiger partial charge in [-0.25, -0.2) is 0 Å². The molecule has 0 aromatic carbocycles. The molecule has 2 heteroatoms. The normalized spacial score (nSPS) is 53.4. The Morgan fingerprint density at radius 3 is 2.70 bits per heavy atom. The molecule has 2 aliphatic rings. The van der Waals surface area contributed by atoms with Crippen LogP contribution in [-0.2, 0) is 0 Å². The molecule has 0 saturated heterocycles. The van der Waals surface area contributed by atoms with Gasteiger partial charge in [0.05, 0.1) is 0 Å². The van der Waals surface area contributed by atoms with Crippen LogP contribution >= 0.6 is 25.3 Å². The van der Waals surface area contributed by atoms with Crippen molar-refractivity contribution in [1.29, 1.82) is 0 Å².